The number of thioether (sulfide) groups is 1. The zero-order valence-electron chi connectivity index (χ0n) is 15.4. The van der Waals surface area contributed by atoms with Gasteiger partial charge in [-0.1, -0.05) is 66.8 Å². The average molecular weight is 431 g/mol. The molecule has 1 aliphatic heterocycles. The number of thiocarbonyl (C=S) groups is 1. The summed E-state index contributed by atoms with van der Waals surface area (Å²) >= 11 is 8.32. The summed E-state index contributed by atoms with van der Waals surface area (Å²) in [5, 5.41) is 4.93. The fourth-order valence-corrected chi connectivity index (χ4v) is 4.84. The first kappa shape index (κ1) is 20.8. The van der Waals surface area contributed by atoms with E-state index in [-0.39, 0.29) is 11.8 Å². The predicted molar refractivity (Wildman–Crippen MR) is 121 cm³/mol. The molecule has 28 heavy (non-hydrogen) atoms. The maximum Gasteiger partial charge on any atom is 0.266 e. The minimum atomic E-state index is -0.0102. The van der Waals surface area contributed by atoms with Gasteiger partial charge in [-0.2, -0.15) is 0 Å². The van der Waals surface area contributed by atoms with Crippen molar-refractivity contribution in [3.63, 3.8) is 0 Å². The number of benzene rings is 1. The van der Waals surface area contributed by atoms with Crippen molar-refractivity contribution in [3.05, 3.63) is 63.2 Å². The molecule has 2 aromatic rings. The predicted octanol–water partition coefficient (Wildman–Crippen LogP) is 4.83. The van der Waals surface area contributed by atoms with Gasteiger partial charge in [-0.05, 0) is 35.9 Å². The third kappa shape index (κ3) is 6.02. The van der Waals surface area contributed by atoms with Crippen LogP contribution in [0.25, 0.3) is 6.08 Å². The first-order valence-electron chi connectivity index (χ1n) is 9.23. The van der Waals surface area contributed by atoms with Gasteiger partial charge in [0.05, 0.1) is 4.91 Å². The molecule has 0 radical (unpaired) electrons. The third-order valence-corrected chi connectivity index (χ3v) is 6.51. The van der Waals surface area contributed by atoms with E-state index in [0.29, 0.717) is 28.7 Å². The number of nitrogens with one attached hydrogen (secondary N) is 1. The fraction of sp³-hybridized carbons (Fsp3) is 0.286. The van der Waals surface area contributed by atoms with Crippen molar-refractivity contribution in [2.24, 2.45) is 0 Å². The smallest absolute Gasteiger partial charge is 0.266 e. The molecule has 0 aliphatic carbocycles. The average Bonchev–Trinajstić information content (AvgIpc) is 3.30. The Balaban J connectivity index is 1.34. The summed E-state index contributed by atoms with van der Waals surface area (Å²) in [5.74, 6) is 0.0531. The van der Waals surface area contributed by atoms with Crippen LogP contribution in [0.4, 0.5) is 0 Å². The van der Waals surface area contributed by atoms with Gasteiger partial charge in [-0.25, -0.2) is 0 Å². The standard InChI is InChI=1S/C21H22N2O2S3/c24-19(22-15-16-8-3-1-4-9-16)11-5-2-6-12-23-20(25)18(28-21(23)26)14-17-10-7-13-27-17/h1,3-4,7-10,13-14H,2,5-6,11-12,15H2,(H,22,24)/b18-14-. The Kier molecular flexibility index (Phi) is 7.82. The van der Waals surface area contributed by atoms with Crippen LogP contribution >= 0.6 is 35.3 Å². The van der Waals surface area contributed by atoms with E-state index in [0.717, 1.165) is 29.7 Å². The van der Waals surface area contributed by atoms with Gasteiger partial charge in [0, 0.05) is 24.4 Å². The maximum absolute atomic E-state index is 12.5. The van der Waals surface area contributed by atoms with Crippen LogP contribution in [0.5, 0.6) is 0 Å². The van der Waals surface area contributed by atoms with E-state index in [1.165, 1.54) is 11.8 Å². The van der Waals surface area contributed by atoms with Gasteiger partial charge in [-0.15, -0.1) is 11.3 Å². The van der Waals surface area contributed by atoms with E-state index in [9.17, 15) is 9.59 Å². The number of hydrogen-bond donors (Lipinski definition) is 1. The van der Waals surface area contributed by atoms with E-state index in [1.807, 2.05) is 53.9 Å². The van der Waals surface area contributed by atoms with Crippen LogP contribution in [0.3, 0.4) is 0 Å². The molecule has 3 rings (SSSR count). The summed E-state index contributed by atoms with van der Waals surface area (Å²) in [6.45, 7) is 1.17. The molecule has 0 saturated carbocycles. The molecule has 1 aromatic carbocycles. The summed E-state index contributed by atoms with van der Waals surface area (Å²) in [4.78, 5) is 27.9. The number of carbonyl (C=O) groups is 2. The highest BCUT2D eigenvalue weighted by Gasteiger charge is 2.31. The largest absolute Gasteiger partial charge is 0.352 e. The topological polar surface area (TPSA) is 49.4 Å². The molecule has 2 heterocycles. The Morgan fingerprint density at radius 1 is 1.11 bits per heavy atom. The van der Waals surface area contributed by atoms with Crippen LogP contribution in [0, 0.1) is 0 Å². The zero-order valence-corrected chi connectivity index (χ0v) is 17.9. The maximum atomic E-state index is 12.5. The van der Waals surface area contributed by atoms with Crippen molar-refractivity contribution in [2.75, 3.05) is 6.54 Å². The molecular weight excluding hydrogens is 408 g/mol. The Bertz CT molecular complexity index is 848. The van der Waals surface area contributed by atoms with E-state index in [4.69, 9.17) is 12.2 Å². The number of carbonyl (C=O) groups excluding carboxylic acids is 2. The normalized spacial score (nSPS) is 15.4. The number of unbranched alkanes of at least 4 members (excludes halogenated alkanes) is 2. The first-order valence-corrected chi connectivity index (χ1v) is 11.3. The van der Waals surface area contributed by atoms with Gasteiger partial charge in [0.2, 0.25) is 5.91 Å². The van der Waals surface area contributed by atoms with Crippen LogP contribution in [0.1, 0.15) is 36.1 Å². The van der Waals surface area contributed by atoms with Crippen LogP contribution in [0.2, 0.25) is 0 Å². The number of rotatable bonds is 9. The van der Waals surface area contributed by atoms with E-state index in [2.05, 4.69) is 5.32 Å². The monoisotopic (exact) mass is 430 g/mol. The minimum Gasteiger partial charge on any atom is -0.352 e. The number of thiophene rings is 1. The first-order chi connectivity index (χ1) is 13.6. The van der Waals surface area contributed by atoms with Crippen LogP contribution in [-0.4, -0.2) is 27.6 Å². The fourth-order valence-electron chi connectivity index (χ4n) is 2.81. The van der Waals surface area contributed by atoms with Gasteiger partial charge in [0.1, 0.15) is 4.32 Å². The van der Waals surface area contributed by atoms with Crippen molar-refractivity contribution in [1.82, 2.24) is 10.2 Å². The lowest BCUT2D eigenvalue weighted by Crippen LogP contribution is -2.29. The van der Waals surface area contributed by atoms with Gasteiger partial charge in [-0.3, -0.25) is 14.5 Å². The van der Waals surface area contributed by atoms with Crippen LogP contribution in [0.15, 0.2) is 52.7 Å². The SMILES string of the molecule is O=C(CCCCCN1C(=O)/C(=C/c2cccs2)SC1=S)NCc1ccccc1. The molecule has 0 atom stereocenters. The molecule has 0 spiro atoms. The van der Waals surface area contributed by atoms with E-state index in [1.54, 1.807) is 16.2 Å². The zero-order chi connectivity index (χ0) is 19.8. The molecule has 1 saturated heterocycles. The van der Waals surface area contributed by atoms with Crippen molar-refractivity contribution in [3.8, 4) is 0 Å². The van der Waals surface area contributed by atoms with Crippen LogP contribution < -0.4 is 5.32 Å². The molecule has 1 N–H and O–H groups in total. The molecule has 1 aliphatic rings. The molecule has 0 bridgehead atoms. The molecule has 4 nitrogen and oxygen atoms in total. The Morgan fingerprint density at radius 2 is 1.93 bits per heavy atom. The number of hydrogen-bond acceptors (Lipinski definition) is 5. The molecule has 1 fully saturated rings. The van der Waals surface area contributed by atoms with E-state index >= 15 is 0 Å². The number of nitrogens with zero attached hydrogens (tertiary/aromatic N) is 1. The second kappa shape index (κ2) is 10.5. The number of amides is 2. The van der Waals surface area contributed by atoms with Crippen molar-refractivity contribution in [1.29, 1.82) is 0 Å². The minimum absolute atomic E-state index is 0.0102. The van der Waals surface area contributed by atoms with Gasteiger partial charge < -0.3 is 5.32 Å². The second-order valence-electron chi connectivity index (χ2n) is 6.42. The molecule has 0 unspecified atom stereocenters. The summed E-state index contributed by atoms with van der Waals surface area (Å²) in [6.07, 6.45) is 4.94. The summed E-state index contributed by atoms with van der Waals surface area (Å²) in [6, 6.07) is 13.8. The lowest BCUT2D eigenvalue weighted by Gasteiger charge is -2.14. The lowest BCUT2D eigenvalue weighted by atomic mass is 10.1. The van der Waals surface area contributed by atoms with Crippen molar-refractivity contribution < 1.29 is 9.59 Å². The lowest BCUT2D eigenvalue weighted by molar-refractivity contribution is -0.123. The van der Waals surface area contributed by atoms with Crippen molar-refractivity contribution >= 4 is 57.5 Å². The molecule has 7 heteroatoms. The van der Waals surface area contributed by atoms with Crippen molar-refractivity contribution in [2.45, 2.75) is 32.2 Å². The Labute approximate surface area is 179 Å². The van der Waals surface area contributed by atoms with Gasteiger partial charge in [0.15, 0.2) is 0 Å². The highest BCUT2D eigenvalue weighted by atomic mass is 32.2. The molecule has 2 amide bonds. The molecule has 1 aromatic heterocycles. The van der Waals surface area contributed by atoms with Crippen LogP contribution in [-0.2, 0) is 16.1 Å². The summed E-state index contributed by atoms with van der Waals surface area (Å²) in [7, 11) is 0. The summed E-state index contributed by atoms with van der Waals surface area (Å²) in [5.41, 5.74) is 1.10. The highest BCUT2D eigenvalue weighted by Crippen LogP contribution is 2.33. The Morgan fingerprint density at radius 3 is 2.68 bits per heavy atom. The van der Waals surface area contributed by atoms with E-state index < -0.39 is 0 Å². The van der Waals surface area contributed by atoms with Gasteiger partial charge in [0.25, 0.3) is 5.91 Å². The summed E-state index contributed by atoms with van der Waals surface area (Å²) < 4.78 is 0.619. The van der Waals surface area contributed by atoms with Gasteiger partial charge >= 0.3 is 0 Å². The molecule has 146 valence electrons. The Hall–Kier alpha value is -1.96. The second-order valence-corrected chi connectivity index (χ2v) is 9.08. The quantitative estimate of drug-likeness (QED) is 0.352. The third-order valence-electron chi connectivity index (χ3n) is 4.31. The highest BCUT2D eigenvalue weighted by molar-refractivity contribution is 8.26. The molecular formula is C21H22N2O2S3.